The number of anilines is 4. The van der Waals surface area contributed by atoms with Gasteiger partial charge >= 0.3 is 0 Å². The van der Waals surface area contributed by atoms with E-state index in [0.717, 1.165) is 30.3 Å². The monoisotopic (exact) mass is 427 g/mol. The predicted octanol–water partition coefficient (Wildman–Crippen LogP) is 3.27. The van der Waals surface area contributed by atoms with E-state index >= 15 is 0 Å². The van der Waals surface area contributed by atoms with Crippen molar-refractivity contribution < 1.29 is 8.42 Å². The molecule has 0 amide bonds. The maximum atomic E-state index is 12.7. The number of hydrogen-bond acceptors (Lipinski definition) is 7. The Morgan fingerprint density at radius 3 is 2.30 bits per heavy atom. The first-order valence-electron chi connectivity index (χ1n) is 9.84. The second-order valence-electron chi connectivity index (χ2n) is 7.46. The van der Waals surface area contributed by atoms with Crippen molar-refractivity contribution in [1.29, 1.82) is 0 Å². The zero-order chi connectivity index (χ0) is 21.3. The number of sulfonamides is 1. The van der Waals surface area contributed by atoms with Crippen LogP contribution in [0.2, 0.25) is 0 Å². The van der Waals surface area contributed by atoms with Crippen LogP contribution in [0.25, 0.3) is 0 Å². The average Bonchev–Trinajstić information content (AvgIpc) is 3.33. The molecule has 3 N–H and O–H groups in total. The Hall–Kier alpha value is -3.14. The molecule has 4 rings (SSSR count). The molecule has 0 unspecified atom stereocenters. The lowest BCUT2D eigenvalue weighted by molar-refractivity contribution is 0.600. The first-order chi connectivity index (χ1) is 14.3. The minimum Gasteiger partial charge on any atom is -0.356 e. The highest BCUT2D eigenvalue weighted by atomic mass is 32.2. The fourth-order valence-corrected chi connectivity index (χ4v) is 5.04. The number of H-pyrrole nitrogens is 1. The zero-order valence-electron chi connectivity index (χ0n) is 17.2. The van der Waals surface area contributed by atoms with Crippen LogP contribution in [0.1, 0.15) is 29.9 Å². The van der Waals surface area contributed by atoms with Gasteiger partial charge in [-0.1, -0.05) is 0 Å². The van der Waals surface area contributed by atoms with Gasteiger partial charge in [-0.3, -0.25) is 9.82 Å². The van der Waals surface area contributed by atoms with Crippen molar-refractivity contribution >= 4 is 33.2 Å². The molecule has 0 spiro atoms. The highest BCUT2D eigenvalue weighted by molar-refractivity contribution is 7.92. The molecule has 1 aliphatic heterocycles. The highest BCUT2D eigenvalue weighted by Crippen LogP contribution is 2.24. The van der Waals surface area contributed by atoms with Gasteiger partial charge in [0.2, 0.25) is 5.95 Å². The molecule has 1 aliphatic rings. The number of aromatic nitrogens is 4. The third-order valence-corrected chi connectivity index (χ3v) is 6.64. The van der Waals surface area contributed by atoms with Crippen LogP contribution in [0.3, 0.4) is 0 Å². The van der Waals surface area contributed by atoms with Gasteiger partial charge in [-0.05, 0) is 57.9 Å². The maximum absolute atomic E-state index is 12.7. The number of benzene rings is 1. The fraction of sp³-hybridized carbons (Fsp3) is 0.350. The maximum Gasteiger partial charge on any atom is 0.265 e. The van der Waals surface area contributed by atoms with Gasteiger partial charge < -0.3 is 10.2 Å². The van der Waals surface area contributed by atoms with Crippen molar-refractivity contribution in [3.63, 3.8) is 0 Å². The molecular weight excluding hydrogens is 402 g/mol. The Bertz CT molecular complexity index is 1130. The SMILES string of the molecule is Cc1cc(N2CCCC2)nc(Nc2ccc(NS(=O)(=O)c3c(C)n[nH]c3C)cc2)n1. The van der Waals surface area contributed by atoms with E-state index in [1.807, 2.05) is 13.0 Å². The molecule has 1 saturated heterocycles. The minimum absolute atomic E-state index is 0.173. The lowest BCUT2D eigenvalue weighted by Crippen LogP contribution is -2.19. The average molecular weight is 428 g/mol. The quantitative estimate of drug-likeness (QED) is 0.553. The first kappa shape index (κ1) is 20.1. The molecule has 0 atom stereocenters. The van der Waals surface area contributed by atoms with E-state index in [4.69, 9.17) is 0 Å². The molecule has 1 fully saturated rings. The molecule has 1 aromatic carbocycles. The number of aromatic amines is 1. The topological polar surface area (TPSA) is 116 Å². The highest BCUT2D eigenvalue weighted by Gasteiger charge is 2.22. The summed E-state index contributed by atoms with van der Waals surface area (Å²) < 4.78 is 27.9. The summed E-state index contributed by atoms with van der Waals surface area (Å²) in [4.78, 5) is 11.5. The Kier molecular flexibility index (Phi) is 5.33. The lowest BCUT2D eigenvalue weighted by Gasteiger charge is -2.17. The zero-order valence-corrected chi connectivity index (χ0v) is 18.0. The van der Waals surface area contributed by atoms with E-state index in [9.17, 15) is 8.42 Å². The molecule has 9 nitrogen and oxygen atoms in total. The molecule has 0 aliphatic carbocycles. The Morgan fingerprint density at radius 2 is 1.67 bits per heavy atom. The molecule has 2 aromatic heterocycles. The standard InChI is InChI=1S/C20H25N7O2S/c1-13-12-18(27-10-4-5-11-27)23-20(21-13)22-16-6-8-17(9-7-16)26-30(28,29)19-14(2)24-25-15(19)3/h6-9,12,26H,4-5,10-11H2,1-3H3,(H,24,25)(H,21,22,23). The minimum atomic E-state index is -3.72. The Balaban J connectivity index is 1.49. The molecule has 30 heavy (non-hydrogen) atoms. The van der Waals surface area contributed by atoms with Crippen molar-refractivity contribution in [2.45, 2.75) is 38.5 Å². The van der Waals surface area contributed by atoms with Gasteiger partial charge in [-0.25, -0.2) is 13.4 Å². The molecule has 0 radical (unpaired) electrons. The normalized spacial score (nSPS) is 14.2. The van der Waals surface area contributed by atoms with Gasteiger partial charge in [0, 0.05) is 36.2 Å². The van der Waals surface area contributed by atoms with Crippen LogP contribution in [-0.4, -0.2) is 41.7 Å². The molecule has 3 aromatic rings. The van der Waals surface area contributed by atoms with Gasteiger partial charge in [0.05, 0.1) is 11.4 Å². The van der Waals surface area contributed by atoms with Crippen molar-refractivity contribution in [3.05, 3.63) is 47.4 Å². The van der Waals surface area contributed by atoms with Gasteiger partial charge in [0.15, 0.2) is 0 Å². The van der Waals surface area contributed by atoms with Crippen molar-refractivity contribution in [2.24, 2.45) is 0 Å². The van der Waals surface area contributed by atoms with Gasteiger partial charge in [-0.15, -0.1) is 0 Å². The third kappa shape index (κ3) is 4.23. The van der Waals surface area contributed by atoms with E-state index in [0.29, 0.717) is 23.0 Å². The number of nitrogens with one attached hydrogen (secondary N) is 3. The summed E-state index contributed by atoms with van der Waals surface area (Å²) in [5.41, 5.74) is 3.06. The second kappa shape index (κ2) is 7.94. The summed E-state index contributed by atoms with van der Waals surface area (Å²) >= 11 is 0. The summed E-state index contributed by atoms with van der Waals surface area (Å²) in [5.74, 6) is 1.45. The lowest BCUT2D eigenvalue weighted by atomic mass is 10.3. The number of rotatable bonds is 6. The Labute approximate surface area is 176 Å². The van der Waals surface area contributed by atoms with Gasteiger partial charge in [-0.2, -0.15) is 10.1 Å². The number of aryl methyl sites for hydroxylation is 3. The van der Waals surface area contributed by atoms with Crippen LogP contribution in [0.15, 0.2) is 35.2 Å². The van der Waals surface area contributed by atoms with E-state index in [1.54, 1.807) is 38.1 Å². The molecular formula is C20H25N7O2S. The summed E-state index contributed by atoms with van der Waals surface area (Å²) in [5, 5.41) is 9.86. The molecule has 3 heterocycles. The van der Waals surface area contributed by atoms with Crippen molar-refractivity contribution in [3.8, 4) is 0 Å². The molecule has 0 bridgehead atoms. The van der Waals surface area contributed by atoms with Crippen LogP contribution >= 0.6 is 0 Å². The summed E-state index contributed by atoms with van der Waals surface area (Å²) in [6.07, 6.45) is 2.36. The van der Waals surface area contributed by atoms with E-state index in [1.165, 1.54) is 12.8 Å². The van der Waals surface area contributed by atoms with Crippen LogP contribution in [-0.2, 0) is 10.0 Å². The van der Waals surface area contributed by atoms with Crippen molar-refractivity contribution in [1.82, 2.24) is 20.2 Å². The summed E-state index contributed by atoms with van der Waals surface area (Å²) in [6.45, 7) is 7.31. The molecule has 0 saturated carbocycles. The molecule has 158 valence electrons. The van der Waals surface area contributed by atoms with Gasteiger partial charge in [0.25, 0.3) is 10.0 Å². The Morgan fingerprint density at radius 1 is 1.00 bits per heavy atom. The first-order valence-corrected chi connectivity index (χ1v) is 11.3. The largest absolute Gasteiger partial charge is 0.356 e. The van der Waals surface area contributed by atoms with Crippen LogP contribution in [0.5, 0.6) is 0 Å². The number of nitrogens with zero attached hydrogens (tertiary/aromatic N) is 4. The molecule has 10 heteroatoms. The van der Waals surface area contributed by atoms with Crippen LogP contribution < -0.4 is 14.9 Å². The van der Waals surface area contributed by atoms with Gasteiger partial charge in [0.1, 0.15) is 10.7 Å². The van der Waals surface area contributed by atoms with Crippen molar-refractivity contribution in [2.75, 3.05) is 28.0 Å². The second-order valence-corrected chi connectivity index (χ2v) is 9.08. The van der Waals surface area contributed by atoms with E-state index in [-0.39, 0.29) is 4.90 Å². The van der Waals surface area contributed by atoms with E-state index in [2.05, 4.69) is 35.1 Å². The van der Waals surface area contributed by atoms with E-state index < -0.39 is 10.0 Å². The summed E-state index contributed by atoms with van der Waals surface area (Å²) in [7, 11) is -3.72. The summed E-state index contributed by atoms with van der Waals surface area (Å²) in [6, 6.07) is 8.96. The van der Waals surface area contributed by atoms with Crippen LogP contribution in [0.4, 0.5) is 23.1 Å². The fourth-order valence-electron chi connectivity index (χ4n) is 3.61. The number of hydrogen-bond donors (Lipinski definition) is 3. The third-order valence-electron chi connectivity index (χ3n) is 4.99. The smallest absolute Gasteiger partial charge is 0.265 e. The van der Waals surface area contributed by atoms with Crippen LogP contribution in [0, 0.1) is 20.8 Å². The predicted molar refractivity (Wildman–Crippen MR) is 117 cm³/mol.